The molecular weight excluding hydrogens is 270 g/mol. The smallest absolute Gasteiger partial charge is 0.323 e. The van der Waals surface area contributed by atoms with E-state index in [1.54, 1.807) is 24.3 Å². The predicted molar refractivity (Wildman–Crippen MR) is 70.4 cm³/mol. The maximum Gasteiger partial charge on any atom is 0.323 e. The summed E-state index contributed by atoms with van der Waals surface area (Å²) in [5.41, 5.74) is 0.507. The van der Waals surface area contributed by atoms with Crippen LogP contribution in [0.5, 0.6) is 0 Å². The number of hydrogen-bond donors (Lipinski definition) is 1. The summed E-state index contributed by atoms with van der Waals surface area (Å²) in [7, 11) is 0. The summed E-state index contributed by atoms with van der Waals surface area (Å²) in [4.78, 5) is 24.4. The van der Waals surface area contributed by atoms with Crippen molar-refractivity contribution in [3.8, 4) is 0 Å². The molecule has 1 amide bonds. The summed E-state index contributed by atoms with van der Waals surface area (Å²) < 4.78 is 5.31. The highest BCUT2D eigenvalue weighted by atomic mass is 35.5. The molecule has 1 saturated heterocycles. The number of carbonyl (C=O) groups excluding carboxylic acids is 1. The van der Waals surface area contributed by atoms with Crippen LogP contribution in [0.25, 0.3) is 0 Å². The van der Waals surface area contributed by atoms with Crippen molar-refractivity contribution in [1.82, 2.24) is 0 Å². The number of anilines is 1. The number of carbonyl (C=O) groups is 2. The number of amides is 1. The monoisotopic (exact) mass is 283 g/mol. The normalized spacial score (nSPS) is 18.3. The SMILES string of the molecule is O=C(O)CN(C(=O)[C@@H]1CCCO1)c1ccc(Cl)cc1. The Kier molecular flexibility index (Phi) is 4.39. The summed E-state index contributed by atoms with van der Waals surface area (Å²) >= 11 is 5.78. The quantitative estimate of drug-likeness (QED) is 0.917. The Morgan fingerprint density at radius 3 is 2.58 bits per heavy atom. The third-order valence-electron chi connectivity index (χ3n) is 2.90. The zero-order chi connectivity index (χ0) is 13.8. The summed E-state index contributed by atoms with van der Waals surface area (Å²) in [5.74, 6) is -1.39. The Morgan fingerprint density at radius 1 is 1.37 bits per heavy atom. The number of nitrogens with zero attached hydrogens (tertiary/aromatic N) is 1. The van der Waals surface area contributed by atoms with Crippen LogP contribution in [0.3, 0.4) is 0 Å². The van der Waals surface area contributed by atoms with Crippen LogP contribution in [0.4, 0.5) is 5.69 Å². The minimum Gasteiger partial charge on any atom is -0.480 e. The van der Waals surface area contributed by atoms with Gasteiger partial charge in [0.05, 0.1) is 0 Å². The molecule has 0 unspecified atom stereocenters. The molecule has 0 spiro atoms. The molecular formula is C13H14ClNO4. The zero-order valence-electron chi connectivity index (χ0n) is 10.2. The van der Waals surface area contributed by atoms with Gasteiger partial charge < -0.3 is 9.84 Å². The number of carboxylic acid groups (broad SMARTS) is 1. The highest BCUT2D eigenvalue weighted by Crippen LogP contribution is 2.22. The van der Waals surface area contributed by atoms with Crippen LogP contribution in [-0.4, -0.2) is 36.2 Å². The van der Waals surface area contributed by atoms with Crippen LogP contribution < -0.4 is 4.90 Å². The molecule has 6 heteroatoms. The number of aliphatic carboxylic acids is 1. The van der Waals surface area contributed by atoms with Gasteiger partial charge in [0, 0.05) is 17.3 Å². The van der Waals surface area contributed by atoms with Crippen molar-refractivity contribution in [1.29, 1.82) is 0 Å². The van der Waals surface area contributed by atoms with Crippen LogP contribution in [0, 0.1) is 0 Å². The molecule has 0 aliphatic carbocycles. The van der Waals surface area contributed by atoms with Gasteiger partial charge in [0.2, 0.25) is 0 Å². The summed E-state index contributed by atoms with van der Waals surface area (Å²) in [5, 5.41) is 9.46. The lowest BCUT2D eigenvalue weighted by atomic mass is 10.2. The van der Waals surface area contributed by atoms with Crippen LogP contribution >= 0.6 is 11.6 Å². The lowest BCUT2D eigenvalue weighted by molar-refractivity contribution is -0.137. The number of benzene rings is 1. The van der Waals surface area contributed by atoms with Gasteiger partial charge >= 0.3 is 5.97 Å². The van der Waals surface area contributed by atoms with Crippen LogP contribution in [0.2, 0.25) is 5.02 Å². The van der Waals surface area contributed by atoms with Crippen LogP contribution in [0.1, 0.15) is 12.8 Å². The molecule has 1 aliphatic rings. The van der Waals surface area contributed by atoms with Gasteiger partial charge in [-0.3, -0.25) is 14.5 Å². The molecule has 2 rings (SSSR count). The first kappa shape index (κ1) is 13.8. The molecule has 1 heterocycles. The number of carboxylic acids is 1. The van der Waals surface area contributed by atoms with Gasteiger partial charge in [0.1, 0.15) is 12.6 Å². The van der Waals surface area contributed by atoms with Crippen LogP contribution in [0.15, 0.2) is 24.3 Å². The van der Waals surface area contributed by atoms with E-state index in [1.807, 2.05) is 0 Å². The van der Waals surface area contributed by atoms with E-state index in [-0.39, 0.29) is 12.5 Å². The fourth-order valence-corrected chi connectivity index (χ4v) is 2.12. The Bertz CT molecular complexity index is 468. The largest absolute Gasteiger partial charge is 0.480 e. The highest BCUT2D eigenvalue weighted by molar-refractivity contribution is 6.30. The van der Waals surface area contributed by atoms with E-state index >= 15 is 0 Å². The molecule has 1 atom stereocenters. The Morgan fingerprint density at radius 2 is 2.05 bits per heavy atom. The number of halogens is 1. The average Bonchev–Trinajstić information content (AvgIpc) is 2.90. The molecule has 19 heavy (non-hydrogen) atoms. The van der Waals surface area contributed by atoms with E-state index in [9.17, 15) is 9.59 Å². The van der Waals surface area contributed by atoms with E-state index < -0.39 is 12.1 Å². The van der Waals surface area contributed by atoms with Crippen molar-refractivity contribution in [3.05, 3.63) is 29.3 Å². The fourth-order valence-electron chi connectivity index (χ4n) is 2.00. The van der Waals surface area contributed by atoms with Crippen molar-refractivity contribution in [2.24, 2.45) is 0 Å². The van der Waals surface area contributed by atoms with Crippen molar-refractivity contribution >= 4 is 29.2 Å². The van der Waals surface area contributed by atoms with Gasteiger partial charge in [-0.25, -0.2) is 0 Å². The van der Waals surface area contributed by atoms with Gasteiger partial charge in [0.25, 0.3) is 5.91 Å². The molecule has 0 bridgehead atoms. The zero-order valence-corrected chi connectivity index (χ0v) is 11.0. The van der Waals surface area contributed by atoms with Crippen molar-refractivity contribution in [2.45, 2.75) is 18.9 Å². The van der Waals surface area contributed by atoms with E-state index in [0.29, 0.717) is 23.7 Å². The van der Waals surface area contributed by atoms with E-state index in [2.05, 4.69) is 0 Å². The number of hydrogen-bond acceptors (Lipinski definition) is 3. The second-order valence-corrected chi connectivity index (χ2v) is 4.73. The Hall–Kier alpha value is -1.59. The third-order valence-corrected chi connectivity index (χ3v) is 3.15. The first-order valence-corrected chi connectivity index (χ1v) is 6.36. The molecule has 1 aromatic carbocycles. The standard InChI is InChI=1S/C13H14ClNO4/c14-9-3-5-10(6-4-9)15(8-12(16)17)13(18)11-2-1-7-19-11/h3-6,11H,1-2,7-8H2,(H,16,17)/t11-/m0/s1. The minimum atomic E-state index is -1.07. The van der Waals surface area contributed by atoms with Gasteiger partial charge in [0.15, 0.2) is 0 Å². The molecule has 5 nitrogen and oxygen atoms in total. The van der Waals surface area contributed by atoms with Gasteiger partial charge in [-0.15, -0.1) is 0 Å². The van der Waals surface area contributed by atoms with Gasteiger partial charge in [-0.1, -0.05) is 11.6 Å². The second-order valence-electron chi connectivity index (χ2n) is 4.30. The topological polar surface area (TPSA) is 66.8 Å². The lowest BCUT2D eigenvalue weighted by Gasteiger charge is -2.23. The lowest BCUT2D eigenvalue weighted by Crippen LogP contribution is -2.42. The average molecular weight is 284 g/mol. The number of rotatable bonds is 4. The Labute approximate surface area is 115 Å². The number of ether oxygens (including phenoxy) is 1. The third kappa shape index (κ3) is 3.45. The minimum absolute atomic E-state index is 0.317. The molecule has 102 valence electrons. The summed E-state index contributed by atoms with van der Waals surface area (Å²) in [6.45, 7) is 0.151. The Balaban J connectivity index is 2.21. The molecule has 1 aliphatic heterocycles. The first-order chi connectivity index (χ1) is 9.08. The van der Waals surface area contributed by atoms with Gasteiger partial charge in [-0.05, 0) is 37.1 Å². The van der Waals surface area contributed by atoms with Gasteiger partial charge in [-0.2, -0.15) is 0 Å². The van der Waals surface area contributed by atoms with Crippen molar-refractivity contribution < 1.29 is 19.4 Å². The van der Waals surface area contributed by atoms with Crippen molar-refractivity contribution in [2.75, 3.05) is 18.1 Å². The molecule has 0 saturated carbocycles. The molecule has 1 aromatic rings. The summed E-state index contributed by atoms with van der Waals surface area (Å²) in [6, 6.07) is 6.49. The molecule has 0 radical (unpaired) electrons. The first-order valence-electron chi connectivity index (χ1n) is 5.98. The predicted octanol–water partition coefficient (Wildman–Crippen LogP) is 1.94. The maximum absolute atomic E-state index is 12.3. The highest BCUT2D eigenvalue weighted by Gasteiger charge is 2.30. The molecule has 1 fully saturated rings. The van der Waals surface area contributed by atoms with E-state index in [4.69, 9.17) is 21.4 Å². The van der Waals surface area contributed by atoms with Crippen LogP contribution in [-0.2, 0) is 14.3 Å². The van der Waals surface area contributed by atoms with Crippen molar-refractivity contribution in [3.63, 3.8) is 0 Å². The van der Waals surface area contributed by atoms with E-state index in [0.717, 1.165) is 6.42 Å². The molecule has 1 N–H and O–H groups in total. The second kappa shape index (κ2) is 6.04. The molecule has 0 aromatic heterocycles. The summed E-state index contributed by atoms with van der Waals surface area (Å²) in [6.07, 6.45) is 0.899. The maximum atomic E-state index is 12.3. The fraction of sp³-hybridized carbons (Fsp3) is 0.385. The van der Waals surface area contributed by atoms with E-state index in [1.165, 1.54) is 4.90 Å².